The lowest BCUT2D eigenvalue weighted by Crippen LogP contribution is -2.50. The number of hydrogen-bond donors (Lipinski definition) is 1. The minimum Gasteiger partial charge on any atom is -0.311 e. The molecule has 1 N–H and O–H groups in total. The largest absolute Gasteiger partial charge is 0.311 e. The number of likely N-dealkylation sites (tertiary alicyclic amines) is 1. The van der Waals surface area contributed by atoms with E-state index in [-0.39, 0.29) is 5.54 Å². The van der Waals surface area contributed by atoms with E-state index in [4.69, 9.17) is 0 Å². The molecule has 1 aliphatic rings. The number of hydrogen-bond acceptors (Lipinski definition) is 3. The summed E-state index contributed by atoms with van der Waals surface area (Å²) in [5.74, 6) is 0. The lowest BCUT2D eigenvalue weighted by molar-refractivity contribution is 0.140. The second kappa shape index (κ2) is 7.19. The Bertz CT molecular complexity index is 383. The van der Waals surface area contributed by atoms with Crippen LogP contribution in [0.3, 0.4) is 0 Å². The molecule has 112 valence electrons. The lowest BCUT2D eigenvalue weighted by Gasteiger charge is -2.37. The fraction of sp³-hybridized carbons (Fsp3) is 0.706. The first-order valence-electron chi connectivity index (χ1n) is 7.93. The summed E-state index contributed by atoms with van der Waals surface area (Å²) in [5.41, 5.74) is 1.42. The summed E-state index contributed by atoms with van der Waals surface area (Å²) in [7, 11) is 0. The minimum atomic E-state index is 0.212. The van der Waals surface area contributed by atoms with E-state index in [1.165, 1.54) is 31.5 Å². The number of nitrogens with one attached hydrogen (secondary N) is 1. The van der Waals surface area contributed by atoms with Gasteiger partial charge in [0.2, 0.25) is 0 Å². The van der Waals surface area contributed by atoms with Crippen LogP contribution in [0.5, 0.6) is 0 Å². The molecule has 0 amide bonds. The molecule has 1 atom stereocenters. The molecule has 0 saturated carbocycles. The van der Waals surface area contributed by atoms with Gasteiger partial charge in [-0.05, 0) is 52.3 Å². The van der Waals surface area contributed by atoms with Crippen molar-refractivity contribution >= 4 is 0 Å². The average molecular weight is 275 g/mol. The number of pyridine rings is 1. The van der Waals surface area contributed by atoms with E-state index < -0.39 is 0 Å². The van der Waals surface area contributed by atoms with Crippen molar-refractivity contribution in [3.8, 4) is 0 Å². The zero-order chi connectivity index (χ0) is 14.4. The summed E-state index contributed by atoms with van der Waals surface area (Å²) >= 11 is 0. The summed E-state index contributed by atoms with van der Waals surface area (Å²) in [5, 5.41) is 3.66. The van der Waals surface area contributed by atoms with Crippen molar-refractivity contribution in [3.05, 3.63) is 30.1 Å². The summed E-state index contributed by atoms with van der Waals surface area (Å²) in [4.78, 5) is 7.08. The van der Waals surface area contributed by atoms with Crippen molar-refractivity contribution in [2.75, 3.05) is 19.6 Å². The number of piperidine rings is 1. The summed E-state index contributed by atoms with van der Waals surface area (Å²) in [6.45, 7) is 10.2. The molecule has 0 radical (unpaired) electrons. The van der Waals surface area contributed by atoms with E-state index in [0.717, 1.165) is 19.5 Å². The molecule has 1 aromatic heterocycles. The molecule has 0 bridgehead atoms. The topological polar surface area (TPSA) is 28.2 Å². The molecule has 2 heterocycles. The first kappa shape index (κ1) is 15.5. The normalized spacial score (nSPS) is 21.1. The van der Waals surface area contributed by atoms with Gasteiger partial charge >= 0.3 is 0 Å². The van der Waals surface area contributed by atoms with Crippen LogP contribution in [0.1, 0.15) is 45.7 Å². The number of aromatic nitrogens is 1. The van der Waals surface area contributed by atoms with Gasteiger partial charge in [-0.3, -0.25) is 9.88 Å². The quantitative estimate of drug-likeness (QED) is 0.895. The predicted octanol–water partition coefficient (Wildman–Crippen LogP) is 2.87. The Hall–Kier alpha value is -0.930. The van der Waals surface area contributed by atoms with Crippen LogP contribution in [0.25, 0.3) is 0 Å². The third kappa shape index (κ3) is 5.22. The summed E-state index contributed by atoms with van der Waals surface area (Å²) in [6.07, 6.45) is 6.99. The molecule has 0 spiro atoms. The second-order valence-electron chi connectivity index (χ2n) is 6.89. The zero-order valence-electron chi connectivity index (χ0n) is 13.2. The predicted molar refractivity (Wildman–Crippen MR) is 84.9 cm³/mol. The second-order valence-corrected chi connectivity index (χ2v) is 6.89. The Labute approximate surface area is 123 Å². The number of rotatable bonds is 5. The highest BCUT2D eigenvalue weighted by atomic mass is 15.2. The van der Waals surface area contributed by atoms with Gasteiger partial charge in [-0.25, -0.2) is 0 Å². The van der Waals surface area contributed by atoms with Gasteiger partial charge in [0.1, 0.15) is 0 Å². The van der Waals surface area contributed by atoms with Crippen LogP contribution in [-0.4, -0.2) is 41.1 Å². The fourth-order valence-electron chi connectivity index (χ4n) is 2.81. The molecule has 0 aliphatic carbocycles. The fourth-order valence-corrected chi connectivity index (χ4v) is 2.81. The summed E-state index contributed by atoms with van der Waals surface area (Å²) in [6, 6.07) is 6.89. The van der Waals surface area contributed by atoms with Crippen molar-refractivity contribution in [3.63, 3.8) is 0 Å². The molecule has 20 heavy (non-hydrogen) atoms. The van der Waals surface area contributed by atoms with E-state index in [1.54, 1.807) is 0 Å². The lowest BCUT2D eigenvalue weighted by atomic mass is 10.00. The molecule has 3 nitrogen and oxygen atoms in total. The number of nitrogens with zero attached hydrogens (tertiary/aromatic N) is 2. The highest BCUT2D eigenvalue weighted by Crippen LogP contribution is 2.17. The van der Waals surface area contributed by atoms with Gasteiger partial charge in [0.25, 0.3) is 0 Å². The molecule has 1 unspecified atom stereocenters. The van der Waals surface area contributed by atoms with Gasteiger partial charge in [-0.2, -0.15) is 0 Å². The molecule has 1 aliphatic heterocycles. The van der Waals surface area contributed by atoms with Gasteiger partial charge in [-0.1, -0.05) is 12.5 Å². The molecule has 1 fully saturated rings. The van der Waals surface area contributed by atoms with Crippen LogP contribution in [0.4, 0.5) is 0 Å². The maximum Gasteiger partial charge on any atom is 0.0416 e. The molecule has 1 saturated heterocycles. The highest BCUT2D eigenvalue weighted by molar-refractivity contribution is 5.04. The smallest absolute Gasteiger partial charge is 0.0416 e. The van der Waals surface area contributed by atoms with Crippen LogP contribution in [0.15, 0.2) is 24.4 Å². The monoisotopic (exact) mass is 275 g/mol. The van der Waals surface area contributed by atoms with Gasteiger partial charge < -0.3 is 5.32 Å². The standard InChI is InChI=1S/C17H29N3/c1-17(2,3)19-14-16-9-5-7-12-20(16)13-10-15-8-4-6-11-18-15/h4,6,8,11,16,19H,5,7,9-10,12-14H2,1-3H3. The molecule has 3 heteroatoms. The minimum absolute atomic E-state index is 0.212. The van der Waals surface area contributed by atoms with Crippen LogP contribution in [-0.2, 0) is 6.42 Å². The Morgan fingerprint density at radius 3 is 2.85 bits per heavy atom. The third-order valence-electron chi connectivity index (χ3n) is 4.00. The van der Waals surface area contributed by atoms with E-state index in [9.17, 15) is 0 Å². The van der Waals surface area contributed by atoms with Gasteiger partial charge in [0.15, 0.2) is 0 Å². The average Bonchev–Trinajstić information content (AvgIpc) is 2.44. The third-order valence-corrected chi connectivity index (χ3v) is 4.00. The molecular formula is C17H29N3. The molecule has 0 aromatic carbocycles. The SMILES string of the molecule is CC(C)(C)NCC1CCCCN1CCc1ccccn1. The van der Waals surface area contributed by atoms with Crippen molar-refractivity contribution in [2.45, 2.75) is 58.0 Å². The molecule has 1 aromatic rings. The Morgan fingerprint density at radius 1 is 1.30 bits per heavy atom. The maximum absolute atomic E-state index is 4.43. The van der Waals surface area contributed by atoms with Gasteiger partial charge in [0, 0.05) is 43.0 Å². The van der Waals surface area contributed by atoms with Gasteiger partial charge in [-0.15, -0.1) is 0 Å². The van der Waals surface area contributed by atoms with E-state index >= 15 is 0 Å². The first-order valence-corrected chi connectivity index (χ1v) is 7.93. The highest BCUT2D eigenvalue weighted by Gasteiger charge is 2.23. The van der Waals surface area contributed by atoms with Crippen molar-refractivity contribution in [1.29, 1.82) is 0 Å². The van der Waals surface area contributed by atoms with Crippen molar-refractivity contribution < 1.29 is 0 Å². The maximum atomic E-state index is 4.43. The van der Waals surface area contributed by atoms with Crippen LogP contribution < -0.4 is 5.32 Å². The zero-order valence-corrected chi connectivity index (χ0v) is 13.2. The van der Waals surface area contributed by atoms with Crippen molar-refractivity contribution in [1.82, 2.24) is 15.2 Å². The molecule has 2 rings (SSSR count). The first-order chi connectivity index (χ1) is 9.54. The Kier molecular flexibility index (Phi) is 5.55. The van der Waals surface area contributed by atoms with Crippen LogP contribution in [0, 0.1) is 0 Å². The van der Waals surface area contributed by atoms with E-state index in [0.29, 0.717) is 6.04 Å². The summed E-state index contributed by atoms with van der Waals surface area (Å²) < 4.78 is 0. The van der Waals surface area contributed by atoms with Crippen LogP contribution in [0.2, 0.25) is 0 Å². The molecular weight excluding hydrogens is 246 g/mol. The van der Waals surface area contributed by atoms with Crippen molar-refractivity contribution in [2.24, 2.45) is 0 Å². The van der Waals surface area contributed by atoms with E-state index in [2.05, 4.69) is 48.1 Å². The van der Waals surface area contributed by atoms with Gasteiger partial charge in [0.05, 0.1) is 0 Å². The van der Waals surface area contributed by atoms with E-state index in [1.807, 2.05) is 12.3 Å². The Balaban J connectivity index is 1.83. The van der Waals surface area contributed by atoms with Crippen LogP contribution >= 0.6 is 0 Å². The Morgan fingerprint density at radius 2 is 2.15 bits per heavy atom.